The van der Waals surface area contributed by atoms with Gasteiger partial charge in [-0.2, -0.15) is 13.7 Å². The van der Waals surface area contributed by atoms with Crippen LogP contribution in [0.5, 0.6) is 0 Å². The standard InChI is InChI=1S/C9H12N4O2S/c1-2-12-8-4-3-5-9(7(8)6-10)13-16(11,14)15/h3-5,12-13H,2H2,1H3,(H2,11,14,15). The van der Waals surface area contributed by atoms with E-state index in [-0.39, 0.29) is 11.3 Å². The third-order valence-electron chi connectivity index (χ3n) is 1.80. The summed E-state index contributed by atoms with van der Waals surface area (Å²) in [5.41, 5.74) is 0.959. The Bertz CT molecular complexity index is 519. The average Bonchev–Trinajstić information content (AvgIpc) is 2.16. The van der Waals surface area contributed by atoms with Gasteiger partial charge in [-0.05, 0) is 19.1 Å². The van der Waals surface area contributed by atoms with Crippen molar-refractivity contribution >= 4 is 21.6 Å². The number of anilines is 2. The van der Waals surface area contributed by atoms with Gasteiger partial charge in [0.1, 0.15) is 6.07 Å². The lowest BCUT2D eigenvalue weighted by atomic mass is 10.1. The molecule has 0 aliphatic rings. The van der Waals surface area contributed by atoms with E-state index in [1.54, 1.807) is 12.1 Å². The van der Waals surface area contributed by atoms with E-state index in [9.17, 15) is 8.42 Å². The van der Waals surface area contributed by atoms with Crippen molar-refractivity contribution < 1.29 is 8.42 Å². The molecule has 0 saturated carbocycles. The van der Waals surface area contributed by atoms with E-state index in [2.05, 4.69) is 10.0 Å². The predicted molar refractivity (Wildman–Crippen MR) is 62.1 cm³/mol. The summed E-state index contributed by atoms with van der Waals surface area (Å²) in [4.78, 5) is 0. The van der Waals surface area contributed by atoms with Crippen LogP contribution in [0.15, 0.2) is 18.2 Å². The Hall–Kier alpha value is -1.78. The summed E-state index contributed by atoms with van der Waals surface area (Å²) >= 11 is 0. The highest BCUT2D eigenvalue weighted by Gasteiger charge is 2.10. The van der Waals surface area contributed by atoms with Gasteiger partial charge in [0, 0.05) is 6.54 Å². The fourth-order valence-corrected chi connectivity index (χ4v) is 1.73. The molecule has 0 aliphatic heterocycles. The molecule has 0 heterocycles. The van der Waals surface area contributed by atoms with Crippen LogP contribution in [0.2, 0.25) is 0 Å². The molecular formula is C9H12N4O2S. The molecule has 6 nitrogen and oxygen atoms in total. The number of hydrogen-bond acceptors (Lipinski definition) is 4. The van der Waals surface area contributed by atoms with Gasteiger partial charge in [-0.25, -0.2) is 5.14 Å². The molecule has 0 aromatic heterocycles. The van der Waals surface area contributed by atoms with E-state index in [0.29, 0.717) is 12.2 Å². The first-order chi connectivity index (χ1) is 7.48. The number of rotatable bonds is 4. The van der Waals surface area contributed by atoms with Crippen LogP contribution in [-0.4, -0.2) is 15.0 Å². The molecule has 0 spiro atoms. The van der Waals surface area contributed by atoms with Gasteiger partial charge in [0.2, 0.25) is 0 Å². The highest BCUT2D eigenvalue weighted by Crippen LogP contribution is 2.23. The number of nitrogens with two attached hydrogens (primary N) is 1. The molecule has 0 radical (unpaired) electrons. The number of benzene rings is 1. The van der Waals surface area contributed by atoms with E-state index in [1.165, 1.54) is 6.07 Å². The van der Waals surface area contributed by atoms with E-state index in [1.807, 2.05) is 13.0 Å². The SMILES string of the molecule is CCNc1cccc(NS(N)(=O)=O)c1C#N. The molecule has 1 aromatic carbocycles. The molecule has 0 amide bonds. The van der Waals surface area contributed by atoms with Crippen molar-refractivity contribution in [2.45, 2.75) is 6.92 Å². The molecule has 1 aromatic rings. The smallest absolute Gasteiger partial charge is 0.296 e. The lowest BCUT2D eigenvalue weighted by molar-refractivity contribution is 0.603. The minimum atomic E-state index is -3.87. The van der Waals surface area contributed by atoms with Crippen molar-refractivity contribution in [3.8, 4) is 6.07 Å². The largest absolute Gasteiger partial charge is 0.384 e. The number of nitrogens with one attached hydrogen (secondary N) is 2. The second kappa shape index (κ2) is 4.83. The Morgan fingerprint density at radius 3 is 2.56 bits per heavy atom. The Labute approximate surface area is 94.3 Å². The topological polar surface area (TPSA) is 108 Å². The molecule has 7 heteroatoms. The molecule has 0 aliphatic carbocycles. The minimum absolute atomic E-state index is 0.170. The molecule has 0 bridgehead atoms. The van der Waals surface area contributed by atoms with Crippen molar-refractivity contribution in [2.24, 2.45) is 5.14 Å². The van der Waals surface area contributed by atoms with Gasteiger partial charge in [0.05, 0.1) is 16.9 Å². The second-order valence-electron chi connectivity index (χ2n) is 3.02. The zero-order valence-electron chi connectivity index (χ0n) is 8.69. The summed E-state index contributed by atoms with van der Waals surface area (Å²) in [6.07, 6.45) is 0. The molecule has 0 saturated heterocycles. The molecule has 86 valence electrons. The maximum absolute atomic E-state index is 10.9. The predicted octanol–water partition coefficient (Wildman–Crippen LogP) is 0.605. The van der Waals surface area contributed by atoms with Crippen LogP contribution in [0.3, 0.4) is 0 Å². The lowest BCUT2D eigenvalue weighted by Gasteiger charge is -2.10. The van der Waals surface area contributed by atoms with Gasteiger partial charge in [-0.15, -0.1) is 0 Å². The summed E-state index contributed by atoms with van der Waals surface area (Å²) in [7, 11) is -3.87. The zero-order chi connectivity index (χ0) is 12.2. The van der Waals surface area contributed by atoms with E-state index in [0.717, 1.165) is 0 Å². The number of hydrogen-bond donors (Lipinski definition) is 3. The molecule has 16 heavy (non-hydrogen) atoms. The van der Waals surface area contributed by atoms with Gasteiger partial charge in [0.15, 0.2) is 0 Å². The molecular weight excluding hydrogens is 228 g/mol. The fraction of sp³-hybridized carbons (Fsp3) is 0.222. The third kappa shape index (κ3) is 3.12. The van der Waals surface area contributed by atoms with Crippen molar-refractivity contribution in [3.63, 3.8) is 0 Å². The Morgan fingerprint density at radius 1 is 1.44 bits per heavy atom. The first-order valence-electron chi connectivity index (χ1n) is 4.55. The monoisotopic (exact) mass is 240 g/mol. The first-order valence-corrected chi connectivity index (χ1v) is 6.10. The van der Waals surface area contributed by atoms with Gasteiger partial charge in [0.25, 0.3) is 10.2 Å². The maximum Gasteiger partial charge on any atom is 0.296 e. The third-order valence-corrected chi connectivity index (χ3v) is 2.30. The molecule has 0 atom stereocenters. The van der Waals surface area contributed by atoms with Crippen molar-refractivity contribution in [1.29, 1.82) is 5.26 Å². The fourth-order valence-electron chi connectivity index (χ4n) is 1.25. The van der Waals surface area contributed by atoms with Crippen LogP contribution in [0.4, 0.5) is 11.4 Å². The van der Waals surface area contributed by atoms with Crippen LogP contribution in [0.1, 0.15) is 12.5 Å². The van der Waals surface area contributed by atoms with E-state index < -0.39 is 10.2 Å². The van der Waals surface area contributed by atoms with Crippen molar-refractivity contribution in [3.05, 3.63) is 23.8 Å². The molecule has 0 fully saturated rings. The van der Waals surface area contributed by atoms with Gasteiger partial charge in [-0.1, -0.05) is 6.07 Å². The van der Waals surface area contributed by atoms with Crippen LogP contribution < -0.4 is 15.2 Å². The average molecular weight is 240 g/mol. The van der Waals surface area contributed by atoms with Gasteiger partial charge >= 0.3 is 0 Å². The summed E-state index contributed by atoms with van der Waals surface area (Å²) in [6, 6.07) is 6.72. The maximum atomic E-state index is 10.9. The van der Waals surface area contributed by atoms with Crippen LogP contribution in [0, 0.1) is 11.3 Å². The Morgan fingerprint density at radius 2 is 2.06 bits per heavy atom. The summed E-state index contributed by atoms with van der Waals surface area (Å²) in [6.45, 7) is 2.51. The van der Waals surface area contributed by atoms with E-state index in [4.69, 9.17) is 10.4 Å². The van der Waals surface area contributed by atoms with Gasteiger partial charge < -0.3 is 5.32 Å². The highest BCUT2D eigenvalue weighted by molar-refractivity contribution is 7.90. The number of nitriles is 1. The quantitative estimate of drug-likeness (QED) is 0.716. The van der Waals surface area contributed by atoms with Crippen molar-refractivity contribution in [1.82, 2.24) is 0 Å². The normalized spacial score (nSPS) is 10.6. The van der Waals surface area contributed by atoms with Crippen LogP contribution >= 0.6 is 0 Å². The van der Waals surface area contributed by atoms with Crippen LogP contribution in [0.25, 0.3) is 0 Å². The molecule has 4 N–H and O–H groups in total. The zero-order valence-corrected chi connectivity index (χ0v) is 9.50. The second-order valence-corrected chi connectivity index (χ2v) is 4.31. The highest BCUT2D eigenvalue weighted by atomic mass is 32.2. The lowest BCUT2D eigenvalue weighted by Crippen LogP contribution is -2.22. The summed E-state index contributed by atoms with van der Waals surface area (Å²) in [5.74, 6) is 0. The van der Waals surface area contributed by atoms with Crippen LogP contribution in [-0.2, 0) is 10.2 Å². The Balaban J connectivity index is 3.20. The first kappa shape index (κ1) is 12.3. The summed E-state index contributed by atoms with van der Waals surface area (Å²) in [5, 5.41) is 16.8. The van der Waals surface area contributed by atoms with E-state index >= 15 is 0 Å². The number of nitrogens with zero attached hydrogens (tertiary/aromatic N) is 1. The van der Waals surface area contributed by atoms with Crippen molar-refractivity contribution in [2.75, 3.05) is 16.6 Å². The van der Waals surface area contributed by atoms with Gasteiger partial charge in [-0.3, -0.25) is 4.72 Å². The molecule has 0 unspecified atom stereocenters. The molecule has 1 rings (SSSR count). The Kier molecular flexibility index (Phi) is 3.71. The summed E-state index contributed by atoms with van der Waals surface area (Å²) < 4.78 is 23.8. The minimum Gasteiger partial charge on any atom is -0.384 e.